The van der Waals surface area contributed by atoms with Crippen LogP contribution in [0.4, 0.5) is 20.2 Å². The molecule has 0 radical (unpaired) electrons. The Bertz CT molecular complexity index is 897. The lowest BCUT2D eigenvalue weighted by atomic mass is 10.2. The number of anilines is 2. The summed E-state index contributed by atoms with van der Waals surface area (Å²) in [6.45, 7) is 5.74. The lowest BCUT2D eigenvalue weighted by Gasteiger charge is -2.28. The molecule has 0 aliphatic carbocycles. The molecule has 2 aromatic carbocycles. The number of carbonyl (C=O) groups excluding carboxylic acids is 1. The zero-order valence-corrected chi connectivity index (χ0v) is 16.1. The fraction of sp³-hybridized carbons (Fsp3) is 0.316. The number of nitrogens with one attached hydrogen (secondary N) is 1. The first kappa shape index (κ1) is 20.8. The van der Waals surface area contributed by atoms with E-state index in [9.17, 15) is 22.0 Å². The molecule has 0 heterocycles. The number of hydrogen-bond donors (Lipinski definition) is 1. The second-order valence-corrected chi connectivity index (χ2v) is 8.29. The highest BCUT2D eigenvalue weighted by atomic mass is 32.2. The van der Waals surface area contributed by atoms with Crippen LogP contribution in [0.3, 0.4) is 0 Å². The van der Waals surface area contributed by atoms with Gasteiger partial charge in [0.2, 0.25) is 15.7 Å². The summed E-state index contributed by atoms with van der Waals surface area (Å²) < 4.78 is 49.4. The van der Waals surface area contributed by atoms with Crippen molar-refractivity contribution in [1.82, 2.24) is 0 Å². The Kier molecular flexibility index (Phi) is 6.54. The molecule has 2 rings (SSSR count). The van der Waals surface area contributed by atoms with Crippen LogP contribution in [0.5, 0.6) is 0 Å². The highest BCUT2D eigenvalue weighted by Gasteiger charge is 2.29. The van der Waals surface area contributed by atoms with Crippen LogP contribution in [0.25, 0.3) is 0 Å². The molecule has 0 unspecified atom stereocenters. The molecule has 0 bridgehead atoms. The summed E-state index contributed by atoms with van der Waals surface area (Å²) in [4.78, 5) is 13.7. The average molecular weight is 396 g/mol. The van der Waals surface area contributed by atoms with E-state index in [-0.39, 0.29) is 18.3 Å². The summed E-state index contributed by atoms with van der Waals surface area (Å²) >= 11 is 0. The van der Waals surface area contributed by atoms with E-state index in [1.54, 1.807) is 0 Å². The van der Waals surface area contributed by atoms with Gasteiger partial charge >= 0.3 is 5.76 Å². The highest BCUT2D eigenvalue weighted by Crippen LogP contribution is 2.26. The second-order valence-electron chi connectivity index (χ2n) is 6.41. The number of halogens is 2. The van der Waals surface area contributed by atoms with Crippen LogP contribution in [0, 0.1) is 6.92 Å². The first-order valence-electron chi connectivity index (χ1n) is 8.37. The Hall–Kier alpha value is -2.48. The lowest BCUT2D eigenvalue weighted by molar-refractivity contribution is -0.115. The van der Waals surface area contributed by atoms with Crippen molar-refractivity contribution in [2.24, 2.45) is 0 Å². The van der Waals surface area contributed by atoms with Gasteiger partial charge in [-0.15, -0.1) is 0 Å². The molecule has 0 atom stereocenters. The molecule has 8 heteroatoms. The predicted octanol–water partition coefficient (Wildman–Crippen LogP) is 3.84. The molecule has 0 fully saturated rings. The van der Waals surface area contributed by atoms with Crippen molar-refractivity contribution in [2.75, 3.05) is 16.8 Å². The molecule has 5 nitrogen and oxygen atoms in total. The molecule has 0 spiro atoms. The molecule has 0 aliphatic heterocycles. The van der Waals surface area contributed by atoms with Gasteiger partial charge in [-0.1, -0.05) is 29.8 Å². The third kappa shape index (κ3) is 5.03. The van der Waals surface area contributed by atoms with E-state index in [1.807, 2.05) is 49.9 Å². The zero-order chi connectivity index (χ0) is 20.2. The number of para-hydroxylation sites is 1. The molecule has 1 amide bonds. The van der Waals surface area contributed by atoms with E-state index in [4.69, 9.17) is 0 Å². The van der Waals surface area contributed by atoms with Gasteiger partial charge in [-0.05, 0) is 45.0 Å². The Balaban J connectivity index is 2.23. The minimum absolute atomic E-state index is 0.00139. The quantitative estimate of drug-likeness (QED) is 0.772. The van der Waals surface area contributed by atoms with Crippen LogP contribution in [0.15, 0.2) is 53.4 Å². The van der Waals surface area contributed by atoms with Crippen molar-refractivity contribution < 1.29 is 22.0 Å². The maximum absolute atomic E-state index is 12.9. The van der Waals surface area contributed by atoms with Crippen molar-refractivity contribution in [3.8, 4) is 0 Å². The number of amides is 1. The summed E-state index contributed by atoms with van der Waals surface area (Å²) in [5.41, 5.74) is 1.76. The van der Waals surface area contributed by atoms with Crippen LogP contribution < -0.4 is 10.2 Å². The largest absolute Gasteiger partial charge is 0.360 e. The first-order chi connectivity index (χ1) is 12.6. The zero-order valence-electron chi connectivity index (χ0n) is 15.3. The van der Waals surface area contributed by atoms with Crippen LogP contribution in [-0.4, -0.2) is 32.7 Å². The monoisotopic (exact) mass is 396 g/mol. The van der Waals surface area contributed by atoms with Crippen LogP contribution in [0.2, 0.25) is 0 Å². The number of aryl methyl sites for hydroxylation is 1. The minimum atomic E-state index is -4.82. The molecule has 0 saturated heterocycles. The normalized spacial score (nSPS) is 11.7. The van der Waals surface area contributed by atoms with Crippen LogP contribution >= 0.6 is 0 Å². The maximum Gasteiger partial charge on any atom is 0.341 e. The average Bonchev–Trinajstić information content (AvgIpc) is 2.60. The third-order valence-corrected chi connectivity index (χ3v) is 5.44. The number of nitrogens with zero attached hydrogens (tertiary/aromatic N) is 1. The molecule has 0 aliphatic rings. The second kappa shape index (κ2) is 8.47. The maximum atomic E-state index is 12.9. The number of alkyl halides is 2. The van der Waals surface area contributed by atoms with Crippen molar-refractivity contribution in [3.63, 3.8) is 0 Å². The van der Waals surface area contributed by atoms with E-state index >= 15 is 0 Å². The van der Waals surface area contributed by atoms with Crippen molar-refractivity contribution >= 4 is 27.1 Å². The first-order valence-corrected chi connectivity index (χ1v) is 9.92. The van der Waals surface area contributed by atoms with Crippen LogP contribution in [0.1, 0.15) is 19.4 Å². The summed E-state index contributed by atoms with van der Waals surface area (Å²) in [6, 6.07) is 12.8. The van der Waals surface area contributed by atoms with Crippen molar-refractivity contribution in [3.05, 3.63) is 54.1 Å². The Morgan fingerprint density at radius 2 is 1.67 bits per heavy atom. The smallest absolute Gasteiger partial charge is 0.341 e. The summed E-state index contributed by atoms with van der Waals surface area (Å²) in [6.07, 6.45) is 0. The number of benzene rings is 2. The van der Waals surface area contributed by atoms with Crippen molar-refractivity contribution in [1.29, 1.82) is 0 Å². The Morgan fingerprint density at radius 1 is 1.07 bits per heavy atom. The van der Waals surface area contributed by atoms with E-state index in [1.165, 1.54) is 18.2 Å². The predicted molar refractivity (Wildman–Crippen MR) is 102 cm³/mol. The summed E-state index contributed by atoms with van der Waals surface area (Å²) in [7, 11) is -4.82. The van der Waals surface area contributed by atoms with Gasteiger partial charge in [0.05, 0.1) is 17.1 Å². The van der Waals surface area contributed by atoms with Gasteiger partial charge in [0.15, 0.2) is 0 Å². The van der Waals surface area contributed by atoms with E-state index in [0.717, 1.165) is 17.3 Å². The third-order valence-electron chi connectivity index (χ3n) is 4.01. The Morgan fingerprint density at radius 3 is 2.22 bits per heavy atom. The van der Waals surface area contributed by atoms with Gasteiger partial charge in [-0.25, -0.2) is 8.42 Å². The fourth-order valence-corrected chi connectivity index (χ4v) is 3.45. The molecule has 0 saturated carbocycles. The minimum Gasteiger partial charge on any atom is -0.360 e. The van der Waals surface area contributed by atoms with Gasteiger partial charge in [0.1, 0.15) is 0 Å². The summed E-state index contributed by atoms with van der Waals surface area (Å²) in [5, 5.41) is 2.44. The number of sulfone groups is 1. The fourth-order valence-electron chi connectivity index (χ4n) is 2.57. The standard InChI is InChI=1S/C19H22F2N2O3S/c1-13(2)23(15-10-8-14(3)9-11-15)12-18(24)22-16-6-4-5-7-17(16)27(25,26)19(20)21/h4-11,13,19H,12H2,1-3H3,(H,22,24). The highest BCUT2D eigenvalue weighted by molar-refractivity contribution is 7.91. The number of carbonyl (C=O) groups is 1. The van der Waals surface area contributed by atoms with Gasteiger partial charge in [0, 0.05) is 11.7 Å². The van der Waals surface area contributed by atoms with E-state index in [0.29, 0.717) is 0 Å². The van der Waals surface area contributed by atoms with E-state index in [2.05, 4.69) is 5.32 Å². The van der Waals surface area contributed by atoms with E-state index < -0.39 is 26.4 Å². The molecule has 0 aromatic heterocycles. The van der Waals surface area contributed by atoms with Gasteiger partial charge in [0.25, 0.3) is 0 Å². The number of hydrogen-bond acceptors (Lipinski definition) is 4. The van der Waals surface area contributed by atoms with Gasteiger partial charge in [-0.3, -0.25) is 4.79 Å². The number of rotatable bonds is 7. The van der Waals surface area contributed by atoms with Gasteiger partial charge in [-0.2, -0.15) is 8.78 Å². The topological polar surface area (TPSA) is 66.5 Å². The Labute approximate surface area is 157 Å². The molecular weight excluding hydrogens is 374 g/mol. The lowest BCUT2D eigenvalue weighted by Crippen LogP contribution is -2.38. The van der Waals surface area contributed by atoms with Crippen molar-refractivity contribution in [2.45, 2.75) is 37.5 Å². The molecule has 2 aromatic rings. The summed E-state index contributed by atoms with van der Waals surface area (Å²) in [5.74, 6) is -4.06. The SMILES string of the molecule is Cc1ccc(N(CC(=O)Nc2ccccc2S(=O)(=O)C(F)F)C(C)C)cc1. The van der Waals surface area contributed by atoms with Gasteiger partial charge < -0.3 is 10.2 Å². The molecule has 146 valence electrons. The molecular formula is C19H22F2N2O3S. The molecule has 1 N–H and O–H groups in total. The molecule has 27 heavy (non-hydrogen) atoms. The van der Waals surface area contributed by atoms with Crippen LogP contribution in [-0.2, 0) is 14.6 Å².